The molecule has 1 aliphatic carbocycles. The van der Waals surface area contributed by atoms with Gasteiger partial charge in [-0.15, -0.1) is 0 Å². The van der Waals surface area contributed by atoms with Crippen LogP contribution < -0.4 is 0 Å². The Morgan fingerprint density at radius 3 is 3.05 bits per heavy atom. The van der Waals surface area contributed by atoms with Crippen molar-refractivity contribution in [1.29, 1.82) is 0 Å². The first-order chi connectivity index (χ1) is 8.99. The number of carbonyl (C=O) groups is 1. The standard InChI is InChI=1S/C14H20N2O3/c1-9-7-11(15-19-9)13(18)16-6-5-14(2)8-10(17)3-4-12(14)16/h7,10,12,17H,3-6,8H2,1-2H3/t10-,12-,14+/m1/s1. The van der Waals surface area contributed by atoms with Gasteiger partial charge in [-0.25, -0.2) is 0 Å². The summed E-state index contributed by atoms with van der Waals surface area (Å²) < 4.78 is 4.99. The molecule has 1 saturated heterocycles. The largest absolute Gasteiger partial charge is 0.393 e. The molecule has 3 rings (SSSR count). The van der Waals surface area contributed by atoms with Gasteiger partial charge in [-0.2, -0.15) is 0 Å². The SMILES string of the molecule is Cc1cc(C(=O)N2CC[C@@]3(C)C[C@H](O)CC[C@@H]23)no1. The maximum atomic E-state index is 12.5. The summed E-state index contributed by atoms with van der Waals surface area (Å²) in [5.74, 6) is 0.617. The predicted molar refractivity (Wildman–Crippen MR) is 68.6 cm³/mol. The molecule has 1 amide bonds. The van der Waals surface area contributed by atoms with E-state index in [0.29, 0.717) is 11.5 Å². The number of nitrogens with zero attached hydrogens (tertiary/aromatic N) is 2. The summed E-state index contributed by atoms with van der Waals surface area (Å²) in [6.45, 7) is 4.72. The first-order valence-electron chi connectivity index (χ1n) is 6.92. The number of aliphatic hydroxyl groups is 1. The number of aryl methyl sites for hydroxylation is 1. The number of carbonyl (C=O) groups excluding carboxylic acids is 1. The number of likely N-dealkylation sites (tertiary alicyclic amines) is 1. The molecular weight excluding hydrogens is 244 g/mol. The van der Waals surface area contributed by atoms with Gasteiger partial charge in [-0.1, -0.05) is 12.1 Å². The molecule has 0 aromatic carbocycles. The molecule has 19 heavy (non-hydrogen) atoms. The molecule has 1 aromatic rings. The molecule has 1 N–H and O–H groups in total. The second-order valence-corrected chi connectivity index (χ2v) is 6.18. The van der Waals surface area contributed by atoms with E-state index in [1.54, 1.807) is 13.0 Å². The molecule has 5 nitrogen and oxygen atoms in total. The molecule has 0 bridgehead atoms. The highest BCUT2D eigenvalue weighted by Crippen LogP contribution is 2.46. The van der Waals surface area contributed by atoms with Crippen LogP contribution in [0.5, 0.6) is 0 Å². The van der Waals surface area contributed by atoms with Crippen LogP contribution in [0.2, 0.25) is 0 Å². The molecule has 2 aliphatic rings. The van der Waals surface area contributed by atoms with Gasteiger partial charge in [0.05, 0.1) is 6.10 Å². The lowest BCUT2D eigenvalue weighted by Crippen LogP contribution is -2.46. The second kappa shape index (κ2) is 4.34. The Morgan fingerprint density at radius 1 is 1.58 bits per heavy atom. The summed E-state index contributed by atoms with van der Waals surface area (Å²) in [6, 6.07) is 1.91. The van der Waals surface area contributed by atoms with Gasteiger partial charge in [0.15, 0.2) is 5.69 Å². The van der Waals surface area contributed by atoms with Crippen molar-refractivity contribution in [2.24, 2.45) is 5.41 Å². The minimum Gasteiger partial charge on any atom is -0.393 e. The fraction of sp³-hybridized carbons (Fsp3) is 0.714. The predicted octanol–water partition coefficient (Wildman–Crippen LogP) is 1.75. The van der Waals surface area contributed by atoms with E-state index in [0.717, 1.165) is 32.2 Å². The van der Waals surface area contributed by atoms with E-state index >= 15 is 0 Å². The lowest BCUT2D eigenvalue weighted by molar-refractivity contribution is 0.0207. The van der Waals surface area contributed by atoms with Crippen LogP contribution >= 0.6 is 0 Å². The Morgan fingerprint density at radius 2 is 2.37 bits per heavy atom. The third-order valence-electron chi connectivity index (χ3n) is 4.69. The second-order valence-electron chi connectivity index (χ2n) is 6.18. The van der Waals surface area contributed by atoms with Gasteiger partial charge in [0.1, 0.15) is 5.76 Å². The van der Waals surface area contributed by atoms with Crippen LogP contribution in [0, 0.1) is 12.3 Å². The van der Waals surface area contributed by atoms with Gasteiger partial charge in [0.2, 0.25) is 0 Å². The third kappa shape index (κ3) is 2.06. The molecule has 0 spiro atoms. The van der Waals surface area contributed by atoms with Crippen LogP contribution in [0.1, 0.15) is 48.9 Å². The van der Waals surface area contributed by atoms with Crippen molar-refractivity contribution in [3.63, 3.8) is 0 Å². The Kier molecular flexibility index (Phi) is 2.89. The third-order valence-corrected chi connectivity index (χ3v) is 4.69. The van der Waals surface area contributed by atoms with Crippen LogP contribution in [-0.4, -0.2) is 39.8 Å². The average Bonchev–Trinajstić information content (AvgIpc) is 2.91. The quantitative estimate of drug-likeness (QED) is 0.839. The molecule has 0 radical (unpaired) electrons. The zero-order valence-corrected chi connectivity index (χ0v) is 11.4. The molecule has 104 valence electrons. The summed E-state index contributed by atoms with van der Waals surface area (Å²) in [5, 5.41) is 13.7. The van der Waals surface area contributed by atoms with E-state index in [2.05, 4.69) is 12.1 Å². The summed E-state index contributed by atoms with van der Waals surface area (Å²) in [6.07, 6.45) is 3.18. The topological polar surface area (TPSA) is 66.6 Å². The lowest BCUT2D eigenvalue weighted by atomic mass is 9.71. The number of hydrogen-bond acceptors (Lipinski definition) is 4. The maximum Gasteiger partial charge on any atom is 0.276 e. The van der Waals surface area contributed by atoms with Crippen molar-refractivity contribution in [3.8, 4) is 0 Å². The average molecular weight is 264 g/mol. The number of hydrogen-bond donors (Lipinski definition) is 1. The molecule has 5 heteroatoms. The summed E-state index contributed by atoms with van der Waals surface area (Å²) in [7, 11) is 0. The Bertz CT molecular complexity index is 499. The minimum atomic E-state index is -0.217. The monoisotopic (exact) mass is 264 g/mol. The van der Waals surface area contributed by atoms with E-state index in [1.165, 1.54) is 0 Å². The molecule has 1 aliphatic heterocycles. The van der Waals surface area contributed by atoms with Crippen LogP contribution in [0.4, 0.5) is 0 Å². The van der Waals surface area contributed by atoms with Gasteiger partial charge >= 0.3 is 0 Å². The fourth-order valence-corrected chi connectivity index (χ4v) is 3.66. The molecule has 1 aromatic heterocycles. The highest BCUT2D eigenvalue weighted by Gasteiger charge is 2.49. The molecule has 2 fully saturated rings. The summed E-state index contributed by atoms with van der Waals surface area (Å²) in [4.78, 5) is 14.4. The van der Waals surface area contributed by atoms with Crippen molar-refractivity contribution in [2.75, 3.05) is 6.54 Å². The molecule has 0 unspecified atom stereocenters. The number of aliphatic hydroxyl groups excluding tert-OH is 1. The molecule has 2 heterocycles. The zero-order valence-electron chi connectivity index (χ0n) is 11.4. The molecular formula is C14H20N2O3. The van der Waals surface area contributed by atoms with Crippen LogP contribution in [0.3, 0.4) is 0 Å². The molecule has 1 saturated carbocycles. The number of amides is 1. The van der Waals surface area contributed by atoms with Gasteiger partial charge < -0.3 is 14.5 Å². The van der Waals surface area contributed by atoms with Crippen molar-refractivity contribution in [2.45, 2.75) is 51.7 Å². The Hall–Kier alpha value is -1.36. The number of fused-ring (bicyclic) bond motifs is 1. The van der Waals surface area contributed by atoms with E-state index in [1.807, 2.05) is 4.90 Å². The molecule has 3 atom stereocenters. The number of rotatable bonds is 1. The first kappa shape index (κ1) is 12.7. The summed E-state index contributed by atoms with van der Waals surface area (Å²) >= 11 is 0. The van der Waals surface area contributed by atoms with E-state index in [4.69, 9.17) is 4.52 Å². The van der Waals surface area contributed by atoms with Crippen LogP contribution in [-0.2, 0) is 0 Å². The normalized spacial score (nSPS) is 34.4. The van der Waals surface area contributed by atoms with Crippen molar-refractivity contribution < 1.29 is 14.4 Å². The van der Waals surface area contributed by atoms with Gasteiger partial charge in [0.25, 0.3) is 5.91 Å². The van der Waals surface area contributed by atoms with Crippen molar-refractivity contribution in [1.82, 2.24) is 10.1 Å². The van der Waals surface area contributed by atoms with Gasteiger partial charge in [-0.3, -0.25) is 4.79 Å². The minimum absolute atomic E-state index is 0.0398. The lowest BCUT2D eigenvalue weighted by Gasteiger charge is -2.41. The zero-order chi connectivity index (χ0) is 13.6. The van der Waals surface area contributed by atoms with E-state index in [-0.39, 0.29) is 23.5 Å². The van der Waals surface area contributed by atoms with E-state index < -0.39 is 0 Å². The van der Waals surface area contributed by atoms with E-state index in [9.17, 15) is 9.90 Å². The Labute approximate surface area is 112 Å². The Balaban J connectivity index is 1.81. The highest BCUT2D eigenvalue weighted by atomic mass is 16.5. The van der Waals surface area contributed by atoms with Crippen LogP contribution in [0.15, 0.2) is 10.6 Å². The first-order valence-corrected chi connectivity index (χ1v) is 6.92. The van der Waals surface area contributed by atoms with Gasteiger partial charge in [0, 0.05) is 18.7 Å². The maximum absolute atomic E-state index is 12.5. The smallest absolute Gasteiger partial charge is 0.276 e. The van der Waals surface area contributed by atoms with Gasteiger partial charge in [-0.05, 0) is 38.0 Å². The van der Waals surface area contributed by atoms with Crippen LogP contribution in [0.25, 0.3) is 0 Å². The fourth-order valence-electron chi connectivity index (χ4n) is 3.66. The highest BCUT2D eigenvalue weighted by molar-refractivity contribution is 5.92. The summed E-state index contributed by atoms with van der Waals surface area (Å²) in [5.41, 5.74) is 0.444. The van der Waals surface area contributed by atoms with Crippen molar-refractivity contribution >= 4 is 5.91 Å². The number of aromatic nitrogens is 1. The van der Waals surface area contributed by atoms with Crippen molar-refractivity contribution in [3.05, 3.63) is 17.5 Å².